The molecule has 0 aliphatic rings. The molecule has 0 aliphatic carbocycles. The maximum absolute atomic E-state index is 11.8. The van der Waals surface area contributed by atoms with Crippen LogP contribution in [-0.2, 0) is 9.84 Å². The fourth-order valence-corrected chi connectivity index (χ4v) is 2.92. The Bertz CT molecular complexity index is 435. The molecule has 0 unspecified atom stereocenters. The summed E-state index contributed by atoms with van der Waals surface area (Å²) in [4.78, 5) is 0.354. The molecule has 1 rings (SSSR count). The highest BCUT2D eigenvalue weighted by Gasteiger charge is 2.13. The van der Waals surface area contributed by atoms with Gasteiger partial charge in [-0.3, -0.25) is 0 Å². The number of hydrogen-bond acceptors (Lipinski definition) is 2. The summed E-state index contributed by atoms with van der Waals surface area (Å²) < 4.78 is 23.7. The Balaban J connectivity index is 2.91. The van der Waals surface area contributed by atoms with E-state index >= 15 is 0 Å². The zero-order chi connectivity index (χ0) is 11.3. The Morgan fingerprint density at radius 2 is 1.93 bits per heavy atom. The lowest BCUT2D eigenvalue weighted by Crippen LogP contribution is -2.07. The van der Waals surface area contributed by atoms with Crippen LogP contribution in [0.1, 0.15) is 6.92 Å². The van der Waals surface area contributed by atoms with Crippen molar-refractivity contribution in [1.82, 2.24) is 0 Å². The lowest BCUT2D eigenvalue weighted by molar-refractivity contribution is 0.598. The van der Waals surface area contributed by atoms with E-state index < -0.39 is 9.84 Å². The fourth-order valence-electron chi connectivity index (χ4n) is 1.20. The molecule has 15 heavy (non-hydrogen) atoms. The number of benzene rings is 1. The summed E-state index contributed by atoms with van der Waals surface area (Å²) >= 11 is 5.50. The van der Waals surface area contributed by atoms with Crippen molar-refractivity contribution in [3.05, 3.63) is 42.0 Å². The molecule has 0 atom stereocenters. The fraction of sp³-hybridized carbons (Fsp3) is 0.273. The van der Waals surface area contributed by atoms with Gasteiger partial charge in [0.25, 0.3) is 0 Å². The molecule has 0 aliphatic heterocycles. The van der Waals surface area contributed by atoms with E-state index in [0.717, 1.165) is 5.57 Å². The second-order valence-electron chi connectivity index (χ2n) is 3.28. The molecule has 1 aromatic rings. The quantitative estimate of drug-likeness (QED) is 0.603. The lowest BCUT2D eigenvalue weighted by Gasteiger charge is -2.03. The highest BCUT2D eigenvalue weighted by molar-refractivity contribution is 7.91. The first-order chi connectivity index (χ1) is 7.06. The largest absolute Gasteiger partial charge is 0.223 e. The van der Waals surface area contributed by atoms with Gasteiger partial charge in [-0.05, 0) is 19.1 Å². The molecule has 0 amide bonds. The third kappa shape index (κ3) is 3.68. The number of halogens is 1. The average Bonchev–Trinajstić information content (AvgIpc) is 2.18. The zero-order valence-corrected chi connectivity index (χ0v) is 10.1. The van der Waals surface area contributed by atoms with Gasteiger partial charge in [-0.15, -0.1) is 11.6 Å². The zero-order valence-electron chi connectivity index (χ0n) is 8.48. The van der Waals surface area contributed by atoms with Crippen molar-refractivity contribution in [2.45, 2.75) is 11.8 Å². The summed E-state index contributed by atoms with van der Waals surface area (Å²) in [6.07, 6.45) is 1.71. The van der Waals surface area contributed by atoms with Crippen LogP contribution in [0.2, 0.25) is 0 Å². The van der Waals surface area contributed by atoms with Crippen molar-refractivity contribution in [1.29, 1.82) is 0 Å². The summed E-state index contributed by atoms with van der Waals surface area (Å²) in [6, 6.07) is 8.42. The van der Waals surface area contributed by atoms with Crippen LogP contribution in [0.15, 0.2) is 46.9 Å². The van der Waals surface area contributed by atoms with E-state index in [4.69, 9.17) is 11.6 Å². The Hall–Kier alpha value is -0.800. The molecule has 0 bridgehead atoms. The van der Waals surface area contributed by atoms with Crippen molar-refractivity contribution in [2.24, 2.45) is 0 Å². The van der Waals surface area contributed by atoms with Crippen LogP contribution in [-0.4, -0.2) is 20.1 Å². The van der Waals surface area contributed by atoms with Crippen LogP contribution in [0.3, 0.4) is 0 Å². The Labute approximate surface area is 95.5 Å². The molecule has 2 nitrogen and oxygen atoms in total. The molecule has 4 heteroatoms. The van der Waals surface area contributed by atoms with E-state index in [-0.39, 0.29) is 5.75 Å². The third-order valence-corrected chi connectivity index (χ3v) is 3.93. The number of sulfone groups is 1. The first-order valence-electron chi connectivity index (χ1n) is 4.55. The second-order valence-corrected chi connectivity index (χ2v) is 5.58. The van der Waals surface area contributed by atoms with Gasteiger partial charge < -0.3 is 0 Å². The molecule has 0 saturated heterocycles. The number of allylic oxidation sites excluding steroid dienone is 1. The normalized spacial score (nSPS) is 12.8. The molecular weight excluding hydrogens is 232 g/mol. The van der Waals surface area contributed by atoms with E-state index in [2.05, 4.69) is 0 Å². The van der Waals surface area contributed by atoms with Crippen molar-refractivity contribution in [2.75, 3.05) is 11.6 Å². The molecule has 0 radical (unpaired) electrons. The van der Waals surface area contributed by atoms with Gasteiger partial charge in [0, 0.05) is 5.88 Å². The number of alkyl halides is 1. The molecule has 0 fully saturated rings. The molecule has 82 valence electrons. The van der Waals surface area contributed by atoms with Gasteiger partial charge in [0.1, 0.15) is 0 Å². The monoisotopic (exact) mass is 244 g/mol. The van der Waals surface area contributed by atoms with Crippen LogP contribution < -0.4 is 0 Å². The highest BCUT2D eigenvalue weighted by atomic mass is 35.5. The minimum absolute atomic E-state index is 0.0315. The Morgan fingerprint density at radius 3 is 2.47 bits per heavy atom. The predicted molar refractivity (Wildman–Crippen MR) is 63.0 cm³/mol. The topological polar surface area (TPSA) is 34.1 Å². The first kappa shape index (κ1) is 12.3. The van der Waals surface area contributed by atoms with Crippen molar-refractivity contribution >= 4 is 21.4 Å². The van der Waals surface area contributed by atoms with Crippen LogP contribution in [0.5, 0.6) is 0 Å². The number of hydrogen-bond donors (Lipinski definition) is 0. The van der Waals surface area contributed by atoms with Crippen molar-refractivity contribution < 1.29 is 8.42 Å². The second kappa shape index (κ2) is 5.33. The van der Waals surface area contributed by atoms with Gasteiger partial charge in [-0.2, -0.15) is 0 Å². The predicted octanol–water partition coefficient (Wildman–Crippen LogP) is 2.65. The van der Waals surface area contributed by atoms with E-state index in [1.807, 2.05) is 0 Å². The lowest BCUT2D eigenvalue weighted by atomic mass is 10.3. The van der Waals surface area contributed by atoms with Crippen molar-refractivity contribution in [3.63, 3.8) is 0 Å². The van der Waals surface area contributed by atoms with Crippen molar-refractivity contribution in [3.8, 4) is 0 Å². The van der Waals surface area contributed by atoms with Gasteiger partial charge in [0.2, 0.25) is 0 Å². The van der Waals surface area contributed by atoms with E-state index in [1.54, 1.807) is 43.3 Å². The average molecular weight is 245 g/mol. The molecule has 0 aromatic heterocycles. The summed E-state index contributed by atoms with van der Waals surface area (Å²) in [6.45, 7) is 1.77. The molecule has 0 saturated carbocycles. The minimum Gasteiger partial charge on any atom is -0.223 e. The van der Waals surface area contributed by atoms with E-state index in [9.17, 15) is 8.42 Å². The standard InChI is InChI=1S/C11H13ClO2S/c1-10(7-8-12)9-15(13,14)11-5-3-2-4-6-11/h2-7H,8-9H2,1H3/b10-7+. The van der Waals surface area contributed by atoms with Crippen LogP contribution in [0.25, 0.3) is 0 Å². The van der Waals surface area contributed by atoms with E-state index in [1.165, 1.54) is 0 Å². The summed E-state index contributed by atoms with van der Waals surface area (Å²) in [5, 5.41) is 0. The molecule has 0 spiro atoms. The minimum atomic E-state index is -3.21. The van der Waals surface area contributed by atoms with Gasteiger partial charge in [0.05, 0.1) is 10.6 Å². The number of rotatable bonds is 4. The van der Waals surface area contributed by atoms with Crippen LogP contribution in [0.4, 0.5) is 0 Å². The molecule has 0 N–H and O–H groups in total. The van der Waals surface area contributed by atoms with Crippen LogP contribution in [0, 0.1) is 0 Å². The van der Waals surface area contributed by atoms with Crippen LogP contribution >= 0.6 is 11.6 Å². The molecule has 0 heterocycles. The smallest absolute Gasteiger partial charge is 0.182 e. The summed E-state index contributed by atoms with van der Waals surface area (Å²) in [5.41, 5.74) is 0.772. The molecular formula is C11H13ClO2S. The summed E-state index contributed by atoms with van der Waals surface area (Å²) in [7, 11) is -3.21. The highest BCUT2D eigenvalue weighted by Crippen LogP contribution is 2.13. The molecule has 1 aromatic carbocycles. The summed E-state index contributed by atoms with van der Waals surface area (Å²) in [5.74, 6) is 0.375. The SMILES string of the molecule is C/C(=C\CCl)CS(=O)(=O)c1ccccc1. The van der Waals surface area contributed by atoms with Gasteiger partial charge >= 0.3 is 0 Å². The third-order valence-electron chi connectivity index (χ3n) is 1.95. The van der Waals surface area contributed by atoms with E-state index in [0.29, 0.717) is 10.8 Å². The van der Waals surface area contributed by atoms with Gasteiger partial charge in [0.15, 0.2) is 9.84 Å². The van der Waals surface area contributed by atoms with Gasteiger partial charge in [-0.25, -0.2) is 8.42 Å². The first-order valence-corrected chi connectivity index (χ1v) is 6.74. The maximum atomic E-state index is 11.8. The Morgan fingerprint density at radius 1 is 1.33 bits per heavy atom. The maximum Gasteiger partial charge on any atom is 0.182 e. The van der Waals surface area contributed by atoms with Gasteiger partial charge in [-0.1, -0.05) is 29.8 Å². The Kier molecular flexibility index (Phi) is 4.36.